The van der Waals surface area contributed by atoms with Crippen molar-refractivity contribution in [1.29, 1.82) is 0 Å². The molecule has 0 heterocycles. The highest BCUT2D eigenvalue weighted by molar-refractivity contribution is 5.95. The monoisotopic (exact) mass is 303 g/mol. The van der Waals surface area contributed by atoms with Crippen LogP contribution in [0.4, 0.5) is 5.69 Å². The van der Waals surface area contributed by atoms with Gasteiger partial charge in [0.2, 0.25) is 5.91 Å². The molecule has 4 heteroatoms. The maximum absolute atomic E-state index is 11.7. The molecule has 0 aliphatic carbocycles. The number of amides is 1. The third-order valence-electron chi connectivity index (χ3n) is 3.29. The summed E-state index contributed by atoms with van der Waals surface area (Å²) in [6.07, 6.45) is 6.23. The summed E-state index contributed by atoms with van der Waals surface area (Å²) in [6, 6.07) is 5.17. The molecule has 0 bridgehead atoms. The number of methoxy groups -OCH3 is 1. The topological polar surface area (TPSA) is 55.4 Å². The molecule has 0 radical (unpaired) electrons. The number of benzene rings is 1. The van der Waals surface area contributed by atoms with Crippen LogP contribution in [0.25, 0.3) is 6.08 Å². The molecular formula is C18H25NO3. The lowest BCUT2D eigenvalue weighted by molar-refractivity contribution is -0.114. The molecule has 1 N–H and O–H groups in total. The number of rotatable bonds is 7. The number of esters is 1. The van der Waals surface area contributed by atoms with Crippen molar-refractivity contribution in [3.8, 4) is 0 Å². The van der Waals surface area contributed by atoms with Crippen molar-refractivity contribution in [3.05, 3.63) is 34.9 Å². The van der Waals surface area contributed by atoms with Crippen LogP contribution < -0.4 is 5.32 Å². The van der Waals surface area contributed by atoms with Gasteiger partial charge in [-0.25, -0.2) is 4.79 Å². The van der Waals surface area contributed by atoms with E-state index in [2.05, 4.69) is 25.2 Å². The van der Waals surface area contributed by atoms with E-state index in [-0.39, 0.29) is 11.9 Å². The molecule has 0 aliphatic heterocycles. The molecule has 1 aromatic rings. The van der Waals surface area contributed by atoms with Crippen molar-refractivity contribution in [2.45, 2.75) is 46.5 Å². The number of allylic oxidation sites excluding steroid dienone is 1. The number of anilines is 1. The largest absolute Gasteiger partial charge is 0.465 e. The van der Waals surface area contributed by atoms with Gasteiger partial charge in [-0.1, -0.05) is 38.3 Å². The minimum Gasteiger partial charge on any atom is -0.465 e. The smallest absolute Gasteiger partial charge is 0.337 e. The lowest BCUT2D eigenvalue weighted by atomic mass is 10.00. The first kappa shape index (κ1) is 18.0. The summed E-state index contributed by atoms with van der Waals surface area (Å²) in [6.45, 7) is 5.76. The molecular weight excluding hydrogens is 278 g/mol. The number of hydrogen-bond donors (Lipinski definition) is 1. The molecule has 120 valence electrons. The lowest BCUT2D eigenvalue weighted by Gasteiger charge is -2.11. The van der Waals surface area contributed by atoms with Gasteiger partial charge < -0.3 is 10.1 Å². The maximum atomic E-state index is 11.7. The predicted molar refractivity (Wildman–Crippen MR) is 89.9 cm³/mol. The van der Waals surface area contributed by atoms with Crippen molar-refractivity contribution >= 4 is 23.6 Å². The highest BCUT2D eigenvalue weighted by atomic mass is 16.5. The van der Waals surface area contributed by atoms with Gasteiger partial charge in [0.05, 0.1) is 12.7 Å². The Kier molecular flexibility index (Phi) is 7.37. The fraction of sp³-hybridized carbons (Fsp3) is 0.444. The number of carbonyl (C=O) groups excluding carboxylic acids is 2. The van der Waals surface area contributed by atoms with Crippen LogP contribution in [0, 0.1) is 0 Å². The Bertz CT molecular complexity index is 553. The molecule has 1 rings (SSSR count). The Morgan fingerprint density at radius 2 is 1.82 bits per heavy atom. The molecule has 0 spiro atoms. The first-order valence-electron chi connectivity index (χ1n) is 7.71. The average Bonchev–Trinajstić information content (AvgIpc) is 2.48. The minimum absolute atomic E-state index is 0.131. The Morgan fingerprint density at radius 3 is 2.32 bits per heavy atom. The van der Waals surface area contributed by atoms with Gasteiger partial charge in [-0.2, -0.15) is 0 Å². The molecule has 1 amide bonds. The second-order valence-corrected chi connectivity index (χ2v) is 5.28. The van der Waals surface area contributed by atoms with Gasteiger partial charge in [0.25, 0.3) is 0 Å². The van der Waals surface area contributed by atoms with Crippen LogP contribution in [0.15, 0.2) is 23.8 Å². The molecule has 0 atom stereocenters. The molecule has 0 saturated heterocycles. The molecule has 0 aliphatic rings. The average molecular weight is 303 g/mol. The van der Waals surface area contributed by atoms with E-state index in [1.807, 2.05) is 0 Å². The molecule has 1 aromatic carbocycles. The minimum atomic E-state index is -0.378. The zero-order chi connectivity index (χ0) is 16.5. The van der Waals surface area contributed by atoms with Crippen molar-refractivity contribution in [2.75, 3.05) is 12.4 Å². The van der Waals surface area contributed by atoms with Gasteiger partial charge >= 0.3 is 5.97 Å². The Balaban J connectivity index is 3.27. The summed E-state index contributed by atoms with van der Waals surface area (Å²) in [5.74, 6) is -0.510. The summed E-state index contributed by atoms with van der Waals surface area (Å²) >= 11 is 0. The molecule has 4 nitrogen and oxygen atoms in total. The van der Waals surface area contributed by atoms with Gasteiger partial charge in [0, 0.05) is 12.6 Å². The highest BCUT2D eigenvalue weighted by Gasteiger charge is 2.10. The van der Waals surface area contributed by atoms with Crippen molar-refractivity contribution in [2.24, 2.45) is 0 Å². The first-order valence-corrected chi connectivity index (χ1v) is 7.71. The number of hydrogen-bond acceptors (Lipinski definition) is 3. The molecule has 0 unspecified atom stereocenters. The second kappa shape index (κ2) is 9.03. The van der Waals surface area contributed by atoms with Gasteiger partial charge in [0.15, 0.2) is 0 Å². The van der Waals surface area contributed by atoms with E-state index in [4.69, 9.17) is 4.74 Å². The van der Waals surface area contributed by atoms with Crippen LogP contribution in [-0.4, -0.2) is 19.0 Å². The van der Waals surface area contributed by atoms with Crippen LogP contribution >= 0.6 is 0 Å². The fourth-order valence-corrected chi connectivity index (χ4v) is 2.36. The SMILES string of the molecule is CCCC(=Cc1cc(C(=O)OC)ccc1NC(C)=O)CCC. The zero-order valence-electron chi connectivity index (χ0n) is 13.9. The third-order valence-corrected chi connectivity index (χ3v) is 3.29. The molecule has 22 heavy (non-hydrogen) atoms. The standard InChI is InChI=1S/C18H25NO3/c1-5-7-14(8-6-2)11-16-12-15(18(21)22-4)9-10-17(16)19-13(3)20/h9-12H,5-8H2,1-4H3,(H,19,20). The van der Waals surface area contributed by atoms with E-state index in [0.717, 1.165) is 31.2 Å². The van der Waals surface area contributed by atoms with Gasteiger partial charge in [-0.3, -0.25) is 4.79 Å². The summed E-state index contributed by atoms with van der Waals surface area (Å²) < 4.78 is 4.77. The third kappa shape index (κ3) is 5.35. The quantitative estimate of drug-likeness (QED) is 0.759. The summed E-state index contributed by atoms with van der Waals surface area (Å²) in [4.78, 5) is 23.1. The van der Waals surface area contributed by atoms with Gasteiger partial charge in [-0.15, -0.1) is 0 Å². The molecule has 0 fully saturated rings. The highest BCUT2D eigenvalue weighted by Crippen LogP contribution is 2.24. The zero-order valence-corrected chi connectivity index (χ0v) is 13.9. The summed E-state index contributed by atoms with van der Waals surface area (Å²) in [7, 11) is 1.36. The van der Waals surface area contributed by atoms with Crippen LogP contribution in [0.3, 0.4) is 0 Å². The molecule has 0 aromatic heterocycles. The van der Waals surface area contributed by atoms with Gasteiger partial charge in [0.1, 0.15) is 0 Å². The molecule has 0 saturated carbocycles. The second-order valence-electron chi connectivity index (χ2n) is 5.28. The summed E-state index contributed by atoms with van der Waals surface area (Å²) in [5, 5.41) is 2.81. The van der Waals surface area contributed by atoms with E-state index in [0.29, 0.717) is 11.3 Å². The van der Waals surface area contributed by atoms with E-state index in [1.165, 1.54) is 19.6 Å². The van der Waals surface area contributed by atoms with E-state index < -0.39 is 0 Å². The number of ether oxygens (including phenoxy) is 1. The van der Waals surface area contributed by atoms with E-state index in [1.54, 1.807) is 18.2 Å². The Morgan fingerprint density at radius 1 is 1.18 bits per heavy atom. The van der Waals surface area contributed by atoms with Gasteiger partial charge in [-0.05, 0) is 36.6 Å². The normalized spacial score (nSPS) is 10.0. The number of nitrogens with one attached hydrogen (secondary N) is 1. The van der Waals surface area contributed by atoms with Crippen LogP contribution in [0.5, 0.6) is 0 Å². The predicted octanol–water partition coefficient (Wildman–Crippen LogP) is 4.42. The Hall–Kier alpha value is -2.10. The van der Waals surface area contributed by atoms with Crippen molar-refractivity contribution < 1.29 is 14.3 Å². The fourth-order valence-electron chi connectivity index (χ4n) is 2.36. The van der Waals surface area contributed by atoms with Crippen molar-refractivity contribution in [1.82, 2.24) is 0 Å². The van der Waals surface area contributed by atoms with Crippen LogP contribution in [-0.2, 0) is 9.53 Å². The lowest BCUT2D eigenvalue weighted by Crippen LogP contribution is -2.09. The Labute approximate surface area is 132 Å². The van der Waals surface area contributed by atoms with E-state index in [9.17, 15) is 9.59 Å². The number of carbonyl (C=O) groups is 2. The van der Waals surface area contributed by atoms with E-state index >= 15 is 0 Å². The van der Waals surface area contributed by atoms with Crippen LogP contribution in [0.2, 0.25) is 0 Å². The maximum Gasteiger partial charge on any atom is 0.337 e. The summed E-state index contributed by atoms with van der Waals surface area (Å²) in [5.41, 5.74) is 3.36. The van der Waals surface area contributed by atoms with Crippen molar-refractivity contribution in [3.63, 3.8) is 0 Å². The van der Waals surface area contributed by atoms with Crippen LogP contribution in [0.1, 0.15) is 62.4 Å². The first-order chi connectivity index (χ1) is 10.5.